The summed E-state index contributed by atoms with van der Waals surface area (Å²) in [6.07, 6.45) is 9.17. The van der Waals surface area contributed by atoms with E-state index < -0.39 is 12.2 Å². The van der Waals surface area contributed by atoms with E-state index in [1.54, 1.807) is 19.3 Å². The number of hydrogen-bond donors (Lipinski definition) is 3. The molecule has 6 atom stereocenters. The van der Waals surface area contributed by atoms with Crippen molar-refractivity contribution in [3.05, 3.63) is 71.6 Å². The van der Waals surface area contributed by atoms with E-state index in [9.17, 15) is 15.0 Å². The second-order valence-corrected chi connectivity index (χ2v) is 9.87. The summed E-state index contributed by atoms with van der Waals surface area (Å²) in [5, 5.41) is 24.2. The average Bonchev–Trinajstić information content (AvgIpc) is 3.40. The maximum Gasteiger partial charge on any atom is 0.220 e. The lowest BCUT2D eigenvalue weighted by Gasteiger charge is -2.19. The highest BCUT2D eigenvalue weighted by molar-refractivity contribution is 5.75. The summed E-state index contributed by atoms with van der Waals surface area (Å²) in [7, 11) is 0. The minimum atomic E-state index is -0.602. The minimum absolute atomic E-state index is 0.0307. The molecule has 6 heteroatoms. The zero-order chi connectivity index (χ0) is 25.5. The average molecular weight is 489 g/mol. The fourth-order valence-corrected chi connectivity index (χ4v) is 5.21. The fourth-order valence-electron chi connectivity index (χ4n) is 5.21. The predicted octanol–water partition coefficient (Wildman–Crippen LogP) is 3.91. The molecule has 1 saturated carbocycles. The predicted molar refractivity (Wildman–Crippen MR) is 139 cm³/mol. The Hall–Kier alpha value is -3.14. The molecule has 1 aliphatic heterocycles. The first-order valence-electron chi connectivity index (χ1n) is 12.9. The topological polar surface area (TPSA) is 91.7 Å². The van der Waals surface area contributed by atoms with Gasteiger partial charge in [0.15, 0.2) is 0 Å². The van der Waals surface area contributed by atoms with Crippen LogP contribution in [0.4, 0.5) is 0 Å². The van der Waals surface area contributed by atoms with Crippen LogP contribution in [0, 0.1) is 23.7 Å². The Morgan fingerprint density at radius 1 is 1.31 bits per heavy atom. The van der Waals surface area contributed by atoms with E-state index in [0.29, 0.717) is 25.8 Å². The van der Waals surface area contributed by atoms with Crippen LogP contribution in [0.25, 0.3) is 0 Å². The van der Waals surface area contributed by atoms with E-state index in [1.807, 2.05) is 37.3 Å². The van der Waals surface area contributed by atoms with Gasteiger partial charge in [-0.05, 0) is 48.9 Å². The van der Waals surface area contributed by atoms with Crippen molar-refractivity contribution >= 4 is 5.91 Å². The van der Waals surface area contributed by atoms with Gasteiger partial charge in [-0.1, -0.05) is 37.3 Å². The van der Waals surface area contributed by atoms with E-state index in [1.165, 1.54) is 0 Å². The molecule has 0 radical (unpaired) electrons. The molecule has 4 rings (SSSR count). The van der Waals surface area contributed by atoms with Gasteiger partial charge in [-0.25, -0.2) is 0 Å². The Morgan fingerprint density at radius 2 is 2.11 bits per heavy atom. The van der Waals surface area contributed by atoms with Crippen molar-refractivity contribution in [2.24, 2.45) is 11.8 Å². The number of fused-ring (bicyclic) bond motifs is 3. The summed E-state index contributed by atoms with van der Waals surface area (Å²) in [6, 6.07) is 9.97. The number of aliphatic hydroxyl groups excluding tert-OH is 2. The summed E-state index contributed by atoms with van der Waals surface area (Å²) in [6.45, 7) is 4.28. The Bertz CT molecular complexity index is 1120. The molecule has 2 aliphatic rings. The SMILES string of the molecule is CC#CC[C@H](C)[C@H](O)C=C[C@@H]1[C@H]2c3cccc(CCCC(=O)NCc4ccncc4)c3O[C@H]2C[C@H]1O. The Kier molecular flexibility index (Phi) is 8.79. The highest BCUT2D eigenvalue weighted by Gasteiger charge is 2.48. The van der Waals surface area contributed by atoms with Crippen LogP contribution < -0.4 is 10.1 Å². The Balaban J connectivity index is 1.35. The molecule has 36 heavy (non-hydrogen) atoms. The molecule has 0 saturated heterocycles. The molecule has 190 valence electrons. The van der Waals surface area contributed by atoms with E-state index in [4.69, 9.17) is 4.74 Å². The number of nitrogens with zero attached hydrogens (tertiary/aromatic N) is 1. The highest BCUT2D eigenvalue weighted by atomic mass is 16.5. The van der Waals surface area contributed by atoms with Gasteiger partial charge >= 0.3 is 0 Å². The number of ether oxygens (including phenoxy) is 1. The Morgan fingerprint density at radius 3 is 2.89 bits per heavy atom. The van der Waals surface area contributed by atoms with E-state index in [0.717, 1.165) is 35.3 Å². The number of carbonyl (C=O) groups excluding carboxylic acids is 1. The second-order valence-electron chi connectivity index (χ2n) is 9.87. The molecular formula is C30H36N2O4. The summed E-state index contributed by atoms with van der Waals surface area (Å²) < 4.78 is 6.35. The molecule has 0 unspecified atom stereocenters. The third-order valence-electron chi connectivity index (χ3n) is 7.29. The van der Waals surface area contributed by atoms with Gasteiger partial charge in [-0.15, -0.1) is 11.8 Å². The monoisotopic (exact) mass is 488 g/mol. The third-order valence-corrected chi connectivity index (χ3v) is 7.29. The smallest absolute Gasteiger partial charge is 0.220 e. The zero-order valence-corrected chi connectivity index (χ0v) is 21.1. The largest absolute Gasteiger partial charge is 0.489 e. The second kappa shape index (κ2) is 12.2. The van der Waals surface area contributed by atoms with Crippen molar-refractivity contribution in [1.29, 1.82) is 0 Å². The van der Waals surface area contributed by atoms with E-state index in [-0.39, 0.29) is 29.8 Å². The van der Waals surface area contributed by atoms with Crippen LogP contribution in [-0.2, 0) is 17.8 Å². The lowest BCUT2D eigenvalue weighted by Crippen LogP contribution is -2.22. The minimum Gasteiger partial charge on any atom is -0.489 e. The van der Waals surface area contributed by atoms with Crippen LogP contribution in [0.1, 0.15) is 62.1 Å². The van der Waals surface area contributed by atoms with Crippen LogP contribution in [0.15, 0.2) is 54.9 Å². The van der Waals surface area contributed by atoms with Gasteiger partial charge in [0.1, 0.15) is 11.9 Å². The van der Waals surface area contributed by atoms with Crippen molar-refractivity contribution in [2.75, 3.05) is 0 Å². The number of hydrogen-bond acceptors (Lipinski definition) is 5. The first-order chi connectivity index (χ1) is 17.5. The first kappa shape index (κ1) is 25.9. The molecule has 0 bridgehead atoms. The number of pyridine rings is 1. The molecule has 0 spiro atoms. The summed E-state index contributed by atoms with van der Waals surface area (Å²) >= 11 is 0. The molecule has 2 heterocycles. The van der Waals surface area contributed by atoms with Crippen molar-refractivity contribution in [1.82, 2.24) is 10.3 Å². The van der Waals surface area contributed by atoms with Gasteiger partial charge in [0, 0.05) is 55.6 Å². The van der Waals surface area contributed by atoms with Crippen molar-refractivity contribution < 1.29 is 19.7 Å². The molecule has 1 aromatic heterocycles. The van der Waals surface area contributed by atoms with Crippen LogP contribution in [0.2, 0.25) is 0 Å². The maximum atomic E-state index is 12.3. The van der Waals surface area contributed by atoms with Crippen LogP contribution in [0.3, 0.4) is 0 Å². The summed E-state index contributed by atoms with van der Waals surface area (Å²) in [5.74, 6) is 6.81. The molecule has 3 N–H and O–H groups in total. The number of rotatable bonds is 10. The van der Waals surface area contributed by atoms with Crippen molar-refractivity contribution in [3.63, 3.8) is 0 Å². The quantitative estimate of drug-likeness (QED) is 0.348. The standard InChI is InChI=1S/C30H36N2O4/c1-3-4-7-20(2)25(33)13-12-23-26(34)18-27-29(23)24-10-5-8-22(30(24)36-27)9-6-11-28(35)32-19-21-14-16-31-17-15-21/h5,8,10,12-17,20,23,25-27,29,33-34H,6-7,9,11,18-19H2,1-2H3,(H,32,35)/t20-,23-,25+,26+,27-,29-/m0/s1. The number of nitrogens with one attached hydrogen (secondary N) is 1. The van der Waals surface area contributed by atoms with Gasteiger partial charge in [0.05, 0.1) is 12.2 Å². The number of aliphatic hydroxyl groups is 2. The molecule has 2 aromatic rings. The maximum absolute atomic E-state index is 12.3. The molecule has 6 nitrogen and oxygen atoms in total. The molecule has 1 fully saturated rings. The lowest BCUT2D eigenvalue weighted by atomic mass is 9.86. The molecule has 1 aliphatic carbocycles. The molecular weight excluding hydrogens is 452 g/mol. The van der Waals surface area contributed by atoms with E-state index in [2.05, 4.69) is 34.3 Å². The van der Waals surface area contributed by atoms with E-state index >= 15 is 0 Å². The van der Waals surface area contributed by atoms with Gasteiger partial charge in [-0.3, -0.25) is 9.78 Å². The number of amides is 1. The third kappa shape index (κ3) is 6.16. The van der Waals surface area contributed by atoms with Gasteiger partial charge in [0.2, 0.25) is 5.91 Å². The molecule has 1 aromatic carbocycles. The Labute approximate surface area is 213 Å². The van der Waals surface area contributed by atoms with Crippen molar-refractivity contribution in [2.45, 2.75) is 76.7 Å². The summed E-state index contributed by atoms with van der Waals surface area (Å²) in [4.78, 5) is 16.3. The number of para-hydroxylation sites is 1. The van der Waals surface area contributed by atoms with Gasteiger partial charge < -0.3 is 20.3 Å². The van der Waals surface area contributed by atoms with Crippen LogP contribution >= 0.6 is 0 Å². The number of aromatic nitrogens is 1. The van der Waals surface area contributed by atoms with Crippen LogP contribution in [0.5, 0.6) is 5.75 Å². The van der Waals surface area contributed by atoms with Crippen LogP contribution in [-0.4, -0.2) is 39.4 Å². The van der Waals surface area contributed by atoms with Crippen molar-refractivity contribution in [3.8, 4) is 17.6 Å². The number of benzene rings is 1. The zero-order valence-electron chi connectivity index (χ0n) is 21.1. The first-order valence-corrected chi connectivity index (χ1v) is 12.9. The highest BCUT2D eigenvalue weighted by Crippen LogP contribution is 2.52. The van der Waals surface area contributed by atoms with Gasteiger partial charge in [-0.2, -0.15) is 0 Å². The normalized spacial score (nSPS) is 23.8. The van der Waals surface area contributed by atoms with Gasteiger partial charge in [0.25, 0.3) is 0 Å². The molecule has 1 amide bonds. The summed E-state index contributed by atoms with van der Waals surface area (Å²) in [5.41, 5.74) is 3.25. The lowest BCUT2D eigenvalue weighted by molar-refractivity contribution is -0.121. The number of aryl methyl sites for hydroxylation is 1. The fraction of sp³-hybridized carbons (Fsp3) is 0.467. The number of carbonyl (C=O) groups is 1.